The minimum atomic E-state index is 0.550. The average molecular weight is 491 g/mol. The molecule has 5 heteroatoms. The van der Waals surface area contributed by atoms with Gasteiger partial charge in [-0.05, 0) is 53.1 Å². The molecule has 1 heterocycles. The van der Waals surface area contributed by atoms with Crippen LogP contribution < -0.4 is 14.2 Å². The fourth-order valence-electron chi connectivity index (χ4n) is 4.19. The van der Waals surface area contributed by atoms with Gasteiger partial charge in [0, 0.05) is 25.6 Å². The molecule has 186 valence electrons. The molecule has 4 aromatic carbocycles. The quantitative estimate of drug-likeness (QED) is 0.212. The van der Waals surface area contributed by atoms with Crippen molar-refractivity contribution in [3.05, 3.63) is 137 Å². The summed E-state index contributed by atoms with van der Waals surface area (Å²) in [6.45, 7) is 0.550. The van der Waals surface area contributed by atoms with Crippen LogP contribution in [0.3, 0.4) is 0 Å². The molecular weight excluding hydrogens is 460 g/mol. The summed E-state index contributed by atoms with van der Waals surface area (Å²) in [6, 6.07) is 36.9. The Kier molecular flexibility index (Phi) is 7.51. The highest BCUT2D eigenvalue weighted by Crippen LogP contribution is 2.27. The summed E-state index contributed by atoms with van der Waals surface area (Å²) < 4.78 is 19.5. The zero-order chi connectivity index (χ0) is 25.5. The van der Waals surface area contributed by atoms with E-state index in [2.05, 4.69) is 36.4 Å². The summed E-state index contributed by atoms with van der Waals surface area (Å²) in [5, 5.41) is 0. The highest BCUT2D eigenvalue weighted by Gasteiger charge is 2.17. The van der Waals surface area contributed by atoms with Gasteiger partial charge in [-0.2, -0.15) is 4.98 Å². The summed E-state index contributed by atoms with van der Waals surface area (Å²) in [4.78, 5) is 4.90. The Morgan fingerprint density at radius 1 is 0.622 bits per heavy atom. The molecule has 0 saturated heterocycles. The third kappa shape index (κ3) is 6.19. The van der Waals surface area contributed by atoms with Gasteiger partial charge in [0.2, 0.25) is 0 Å². The monoisotopic (exact) mass is 490 g/mol. The third-order valence-electron chi connectivity index (χ3n) is 6.28. The van der Waals surface area contributed by atoms with Crippen LogP contribution in [0.4, 0.5) is 0 Å². The second-order valence-electron chi connectivity index (χ2n) is 8.88. The number of rotatable bonds is 10. The van der Waals surface area contributed by atoms with E-state index < -0.39 is 0 Å². The largest absolute Gasteiger partial charge is 0.497 e. The van der Waals surface area contributed by atoms with Crippen LogP contribution in [0.2, 0.25) is 0 Å². The Balaban J connectivity index is 1.36. The second kappa shape index (κ2) is 11.5. The molecule has 0 bridgehead atoms. The van der Waals surface area contributed by atoms with Crippen LogP contribution in [0, 0.1) is 0 Å². The van der Waals surface area contributed by atoms with Crippen molar-refractivity contribution in [1.29, 1.82) is 0 Å². The summed E-state index contributed by atoms with van der Waals surface area (Å²) in [6.07, 6.45) is 1.43. The fraction of sp³-hybridized carbons (Fsp3) is 0.156. The molecule has 0 radical (unpaired) electrons. The summed E-state index contributed by atoms with van der Waals surface area (Å²) in [5.41, 5.74) is 5.59. The molecule has 0 amide bonds. The third-order valence-corrected chi connectivity index (χ3v) is 6.28. The molecule has 5 rings (SSSR count). The number of ether oxygens (including phenoxy) is 3. The molecular formula is C32H30N2O3. The zero-order valence-corrected chi connectivity index (χ0v) is 21.1. The molecule has 0 spiro atoms. The van der Waals surface area contributed by atoms with Crippen LogP contribution in [-0.4, -0.2) is 16.7 Å². The Morgan fingerprint density at radius 2 is 1.22 bits per heavy atom. The van der Waals surface area contributed by atoms with Gasteiger partial charge in [0.05, 0.1) is 12.8 Å². The molecule has 5 aromatic rings. The number of imidazole rings is 1. The zero-order valence-electron chi connectivity index (χ0n) is 21.1. The van der Waals surface area contributed by atoms with E-state index in [1.807, 2.05) is 84.4 Å². The number of hydrogen-bond acceptors (Lipinski definition) is 4. The standard InChI is InChI=1S/C32H30N2O3/c1-34-31(22-25-15-19-28(20-16-25)36-23-26-9-5-3-6-10-26)30(21-24-13-17-27(35-2)18-14-24)33-32(34)37-29-11-7-4-8-12-29/h3-20H,21-23H2,1-2H3. The molecule has 0 aliphatic carbocycles. The lowest BCUT2D eigenvalue weighted by Crippen LogP contribution is -2.03. The highest BCUT2D eigenvalue weighted by molar-refractivity contribution is 5.37. The Morgan fingerprint density at radius 3 is 1.86 bits per heavy atom. The maximum Gasteiger partial charge on any atom is 0.302 e. The van der Waals surface area contributed by atoms with Gasteiger partial charge in [0.1, 0.15) is 23.9 Å². The summed E-state index contributed by atoms with van der Waals surface area (Å²) >= 11 is 0. The second-order valence-corrected chi connectivity index (χ2v) is 8.88. The van der Waals surface area contributed by atoms with Crippen LogP contribution in [0.15, 0.2) is 109 Å². The number of methoxy groups -OCH3 is 1. The van der Waals surface area contributed by atoms with Crippen molar-refractivity contribution in [2.24, 2.45) is 7.05 Å². The number of aromatic nitrogens is 2. The van der Waals surface area contributed by atoms with E-state index in [4.69, 9.17) is 19.2 Å². The van der Waals surface area contributed by atoms with E-state index in [0.29, 0.717) is 19.0 Å². The Labute approximate surface area is 217 Å². The smallest absolute Gasteiger partial charge is 0.302 e. The molecule has 0 fully saturated rings. The van der Waals surface area contributed by atoms with E-state index in [0.717, 1.165) is 46.2 Å². The molecule has 1 aromatic heterocycles. The SMILES string of the molecule is COc1ccc(Cc2nc(Oc3ccccc3)n(C)c2Cc2ccc(OCc3ccccc3)cc2)cc1. The van der Waals surface area contributed by atoms with Crippen molar-refractivity contribution in [2.45, 2.75) is 19.4 Å². The van der Waals surface area contributed by atoms with Gasteiger partial charge in [-0.25, -0.2) is 0 Å². The van der Waals surface area contributed by atoms with Crippen LogP contribution in [0.25, 0.3) is 0 Å². The molecule has 0 N–H and O–H groups in total. The van der Waals surface area contributed by atoms with Gasteiger partial charge in [-0.3, -0.25) is 0 Å². The normalized spacial score (nSPS) is 10.8. The maximum absolute atomic E-state index is 6.15. The molecule has 5 nitrogen and oxygen atoms in total. The Hall–Kier alpha value is -4.51. The first-order valence-corrected chi connectivity index (χ1v) is 12.3. The van der Waals surface area contributed by atoms with E-state index in [-0.39, 0.29) is 0 Å². The number of benzene rings is 4. The van der Waals surface area contributed by atoms with Gasteiger partial charge in [0.15, 0.2) is 0 Å². The fourth-order valence-corrected chi connectivity index (χ4v) is 4.19. The highest BCUT2D eigenvalue weighted by atomic mass is 16.5. The van der Waals surface area contributed by atoms with Crippen molar-refractivity contribution in [1.82, 2.24) is 9.55 Å². The van der Waals surface area contributed by atoms with Gasteiger partial charge in [-0.15, -0.1) is 0 Å². The predicted octanol–water partition coefficient (Wildman–Crippen LogP) is 6.98. The number of nitrogens with zero attached hydrogens (tertiary/aromatic N) is 2. The van der Waals surface area contributed by atoms with Crippen molar-refractivity contribution < 1.29 is 14.2 Å². The van der Waals surface area contributed by atoms with Gasteiger partial charge in [-0.1, -0.05) is 72.8 Å². The maximum atomic E-state index is 6.15. The minimum absolute atomic E-state index is 0.550. The van der Waals surface area contributed by atoms with Gasteiger partial charge < -0.3 is 18.8 Å². The first kappa shape index (κ1) is 24.2. The molecule has 0 saturated carbocycles. The molecule has 0 aliphatic heterocycles. The van der Waals surface area contributed by atoms with Crippen LogP contribution in [0.5, 0.6) is 23.3 Å². The van der Waals surface area contributed by atoms with E-state index in [1.165, 1.54) is 5.56 Å². The molecule has 0 unspecified atom stereocenters. The first-order valence-electron chi connectivity index (χ1n) is 12.3. The van der Waals surface area contributed by atoms with Crippen LogP contribution >= 0.6 is 0 Å². The molecule has 37 heavy (non-hydrogen) atoms. The van der Waals surface area contributed by atoms with E-state index in [9.17, 15) is 0 Å². The lowest BCUT2D eigenvalue weighted by molar-refractivity contribution is 0.306. The van der Waals surface area contributed by atoms with Gasteiger partial charge >= 0.3 is 6.01 Å². The lowest BCUT2D eigenvalue weighted by atomic mass is 10.0. The van der Waals surface area contributed by atoms with Crippen molar-refractivity contribution in [3.8, 4) is 23.3 Å². The van der Waals surface area contributed by atoms with E-state index in [1.54, 1.807) is 7.11 Å². The van der Waals surface area contributed by atoms with Gasteiger partial charge in [0.25, 0.3) is 0 Å². The van der Waals surface area contributed by atoms with Crippen molar-refractivity contribution in [2.75, 3.05) is 7.11 Å². The van der Waals surface area contributed by atoms with Crippen molar-refractivity contribution >= 4 is 0 Å². The minimum Gasteiger partial charge on any atom is -0.497 e. The average Bonchev–Trinajstić information content (AvgIpc) is 3.23. The Bertz CT molecular complexity index is 1410. The van der Waals surface area contributed by atoms with Crippen molar-refractivity contribution in [3.63, 3.8) is 0 Å². The number of para-hydroxylation sites is 1. The van der Waals surface area contributed by atoms with Crippen LogP contribution in [-0.2, 0) is 26.5 Å². The summed E-state index contributed by atoms with van der Waals surface area (Å²) in [5.74, 6) is 2.45. The van der Waals surface area contributed by atoms with E-state index >= 15 is 0 Å². The topological polar surface area (TPSA) is 45.5 Å². The first-order chi connectivity index (χ1) is 18.2. The molecule has 0 aliphatic rings. The van der Waals surface area contributed by atoms with Crippen LogP contribution in [0.1, 0.15) is 28.1 Å². The number of hydrogen-bond donors (Lipinski definition) is 0. The summed E-state index contributed by atoms with van der Waals surface area (Å²) in [7, 11) is 3.69. The predicted molar refractivity (Wildman–Crippen MR) is 146 cm³/mol. The molecule has 0 atom stereocenters. The lowest BCUT2D eigenvalue weighted by Gasteiger charge is -2.10.